The van der Waals surface area contributed by atoms with E-state index in [-0.39, 0.29) is 17.8 Å². The molecule has 1 amide bonds. The summed E-state index contributed by atoms with van der Waals surface area (Å²) in [5.41, 5.74) is 1.21. The van der Waals surface area contributed by atoms with Crippen LogP contribution in [0.5, 0.6) is 0 Å². The van der Waals surface area contributed by atoms with E-state index in [2.05, 4.69) is 12.2 Å². The Balaban J connectivity index is 2.73. The van der Waals surface area contributed by atoms with Gasteiger partial charge in [0.05, 0.1) is 0 Å². The van der Waals surface area contributed by atoms with Crippen LogP contribution in [-0.4, -0.2) is 11.9 Å². The number of benzene rings is 1. The number of hydrogen-bond donors (Lipinski definition) is 1. The molecular formula is C13H18FNO. The third-order valence-corrected chi connectivity index (χ3v) is 2.53. The van der Waals surface area contributed by atoms with Crippen LogP contribution in [0.1, 0.15) is 42.6 Å². The molecule has 0 fully saturated rings. The van der Waals surface area contributed by atoms with E-state index < -0.39 is 0 Å². The molecule has 0 aliphatic carbocycles. The molecule has 1 rings (SSSR count). The van der Waals surface area contributed by atoms with Crippen LogP contribution in [0.15, 0.2) is 18.2 Å². The van der Waals surface area contributed by atoms with E-state index in [1.54, 1.807) is 6.92 Å². The molecule has 0 saturated carbocycles. The Labute approximate surface area is 95.9 Å². The summed E-state index contributed by atoms with van der Waals surface area (Å²) in [5.74, 6) is -0.436. The molecule has 3 heteroatoms. The van der Waals surface area contributed by atoms with Gasteiger partial charge in [0.2, 0.25) is 0 Å². The van der Waals surface area contributed by atoms with Gasteiger partial charge in [0, 0.05) is 11.6 Å². The Hall–Kier alpha value is -1.38. The SMILES string of the molecule is CCCC(C)NC(=O)c1ccc(F)cc1C. The first-order chi connectivity index (χ1) is 7.54. The van der Waals surface area contributed by atoms with Crippen LogP contribution < -0.4 is 5.32 Å². The van der Waals surface area contributed by atoms with Crippen LogP contribution in [0, 0.1) is 12.7 Å². The van der Waals surface area contributed by atoms with Gasteiger partial charge < -0.3 is 5.32 Å². The maximum atomic E-state index is 12.9. The number of hydrogen-bond acceptors (Lipinski definition) is 1. The van der Waals surface area contributed by atoms with Gasteiger partial charge in [0.15, 0.2) is 0 Å². The van der Waals surface area contributed by atoms with Crippen molar-refractivity contribution in [2.75, 3.05) is 0 Å². The summed E-state index contributed by atoms with van der Waals surface area (Å²) >= 11 is 0. The third kappa shape index (κ3) is 3.33. The third-order valence-electron chi connectivity index (χ3n) is 2.53. The highest BCUT2D eigenvalue weighted by Gasteiger charge is 2.11. The molecule has 1 N–H and O–H groups in total. The van der Waals surface area contributed by atoms with Gasteiger partial charge in [-0.25, -0.2) is 4.39 Å². The van der Waals surface area contributed by atoms with Crippen molar-refractivity contribution >= 4 is 5.91 Å². The molecule has 16 heavy (non-hydrogen) atoms. The standard InChI is InChI=1S/C13H18FNO/c1-4-5-10(3)15-13(16)12-7-6-11(14)8-9(12)2/h6-8,10H,4-5H2,1-3H3,(H,15,16). The minimum atomic E-state index is -0.310. The first kappa shape index (κ1) is 12.7. The van der Waals surface area contributed by atoms with Gasteiger partial charge in [-0.15, -0.1) is 0 Å². The Kier molecular flexibility index (Phi) is 4.47. The highest BCUT2D eigenvalue weighted by molar-refractivity contribution is 5.95. The summed E-state index contributed by atoms with van der Waals surface area (Å²) in [6.45, 7) is 5.79. The van der Waals surface area contributed by atoms with Crippen LogP contribution in [0.4, 0.5) is 4.39 Å². The number of carbonyl (C=O) groups excluding carboxylic acids is 1. The highest BCUT2D eigenvalue weighted by Crippen LogP contribution is 2.10. The van der Waals surface area contributed by atoms with Crippen molar-refractivity contribution in [3.05, 3.63) is 35.1 Å². The lowest BCUT2D eigenvalue weighted by atomic mass is 10.1. The number of nitrogens with one attached hydrogen (secondary N) is 1. The number of carbonyl (C=O) groups is 1. The lowest BCUT2D eigenvalue weighted by molar-refractivity contribution is 0.0937. The Bertz CT molecular complexity index is 376. The first-order valence-corrected chi connectivity index (χ1v) is 5.61. The van der Waals surface area contributed by atoms with Crippen LogP contribution >= 0.6 is 0 Å². The van der Waals surface area contributed by atoms with Crippen LogP contribution in [0.2, 0.25) is 0 Å². The van der Waals surface area contributed by atoms with Gasteiger partial charge in [-0.1, -0.05) is 13.3 Å². The summed E-state index contributed by atoms with van der Waals surface area (Å²) in [5, 5.41) is 2.90. The molecule has 0 saturated heterocycles. The molecule has 0 spiro atoms. The molecule has 2 nitrogen and oxygen atoms in total. The zero-order valence-electron chi connectivity index (χ0n) is 10.0. The minimum absolute atomic E-state index is 0.126. The molecule has 0 aliphatic rings. The molecule has 88 valence electrons. The average Bonchev–Trinajstić information content (AvgIpc) is 2.17. The van der Waals surface area contributed by atoms with Crippen molar-refractivity contribution in [3.8, 4) is 0 Å². The second-order valence-corrected chi connectivity index (χ2v) is 4.12. The minimum Gasteiger partial charge on any atom is -0.350 e. The second kappa shape index (κ2) is 5.64. The molecule has 1 atom stereocenters. The fraction of sp³-hybridized carbons (Fsp3) is 0.462. The first-order valence-electron chi connectivity index (χ1n) is 5.61. The summed E-state index contributed by atoms with van der Waals surface area (Å²) < 4.78 is 12.9. The number of halogens is 1. The van der Waals surface area contributed by atoms with E-state index in [0.29, 0.717) is 11.1 Å². The lowest BCUT2D eigenvalue weighted by Crippen LogP contribution is -2.32. The predicted molar refractivity (Wildman–Crippen MR) is 63.0 cm³/mol. The summed E-state index contributed by atoms with van der Waals surface area (Å²) in [7, 11) is 0. The maximum absolute atomic E-state index is 12.9. The number of rotatable bonds is 4. The molecule has 0 aliphatic heterocycles. The topological polar surface area (TPSA) is 29.1 Å². The lowest BCUT2D eigenvalue weighted by Gasteiger charge is -2.13. The maximum Gasteiger partial charge on any atom is 0.251 e. The smallest absolute Gasteiger partial charge is 0.251 e. The van der Waals surface area contributed by atoms with E-state index in [9.17, 15) is 9.18 Å². The highest BCUT2D eigenvalue weighted by atomic mass is 19.1. The van der Waals surface area contributed by atoms with Crippen molar-refractivity contribution in [1.29, 1.82) is 0 Å². The largest absolute Gasteiger partial charge is 0.350 e. The molecule has 0 aromatic heterocycles. The van der Waals surface area contributed by atoms with E-state index >= 15 is 0 Å². The fourth-order valence-electron chi connectivity index (χ4n) is 1.69. The van der Waals surface area contributed by atoms with Gasteiger partial charge in [-0.3, -0.25) is 4.79 Å². The van der Waals surface area contributed by atoms with Crippen molar-refractivity contribution < 1.29 is 9.18 Å². The summed E-state index contributed by atoms with van der Waals surface area (Å²) in [6.07, 6.45) is 1.98. The molecule has 0 heterocycles. The quantitative estimate of drug-likeness (QED) is 0.835. The molecule has 1 aromatic rings. The second-order valence-electron chi connectivity index (χ2n) is 4.12. The van der Waals surface area contributed by atoms with Crippen LogP contribution in [-0.2, 0) is 0 Å². The van der Waals surface area contributed by atoms with E-state index in [0.717, 1.165) is 12.8 Å². The molecule has 0 bridgehead atoms. The zero-order valence-corrected chi connectivity index (χ0v) is 10.0. The number of aryl methyl sites for hydroxylation is 1. The van der Waals surface area contributed by atoms with Crippen LogP contribution in [0.3, 0.4) is 0 Å². The van der Waals surface area contributed by atoms with Crippen LogP contribution in [0.25, 0.3) is 0 Å². The van der Waals surface area contributed by atoms with E-state index in [1.165, 1.54) is 18.2 Å². The zero-order chi connectivity index (χ0) is 12.1. The van der Waals surface area contributed by atoms with Crippen molar-refractivity contribution in [2.45, 2.75) is 39.7 Å². The monoisotopic (exact) mass is 223 g/mol. The van der Waals surface area contributed by atoms with Crippen molar-refractivity contribution in [3.63, 3.8) is 0 Å². The number of amides is 1. The van der Waals surface area contributed by atoms with E-state index in [4.69, 9.17) is 0 Å². The fourth-order valence-corrected chi connectivity index (χ4v) is 1.69. The van der Waals surface area contributed by atoms with Crippen molar-refractivity contribution in [2.24, 2.45) is 0 Å². The Morgan fingerprint density at radius 1 is 1.50 bits per heavy atom. The van der Waals surface area contributed by atoms with Gasteiger partial charge >= 0.3 is 0 Å². The summed E-state index contributed by atoms with van der Waals surface area (Å²) in [6, 6.07) is 4.37. The molecule has 0 radical (unpaired) electrons. The predicted octanol–water partition coefficient (Wildman–Crippen LogP) is 3.05. The Morgan fingerprint density at radius 3 is 2.75 bits per heavy atom. The average molecular weight is 223 g/mol. The summed E-state index contributed by atoms with van der Waals surface area (Å²) in [4.78, 5) is 11.8. The van der Waals surface area contributed by atoms with Gasteiger partial charge in [-0.05, 0) is 44.0 Å². The molecule has 1 unspecified atom stereocenters. The van der Waals surface area contributed by atoms with Gasteiger partial charge in [0.25, 0.3) is 5.91 Å². The Morgan fingerprint density at radius 2 is 2.19 bits per heavy atom. The normalized spacial score (nSPS) is 12.2. The van der Waals surface area contributed by atoms with E-state index in [1.807, 2.05) is 6.92 Å². The molecular weight excluding hydrogens is 205 g/mol. The van der Waals surface area contributed by atoms with Crippen molar-refractivity contribution in [1.82, 2.24) is 5.32 Å². The molecule has 1 aromatic carbocycles. The van der Waals surface area contributed by atoms with Gasteiger partial charge in [0.1, 0.15) is 5.82 Å². The van der Waals surface area contributed by atoms with Gasteiger partial charge in [-0.2, -0.15) is 0 Å².